The lowest BCUT2D eigenvalue weighted by Crippen LogP contribution is -2.33. The van der Waals surface area contributed by atoms with Crippen molar-refractivity contribution >= 4 is 11.0 Å². The second-order valence-corrected chi connectivity index (χ2v) is 4.81. The molecule has 0 saturated carbocycles. The van der Waals surface area contributed by atoms with Gasteiger partial charge in [0.15, 0.2) is 6.10 Å². The van der Waals surface area contributed by atoms with Crippen molar-refractivity contribution < 1.29 is 22.3 Å². The molecule has 3 nitrogen and oxygen atoms in total. The van der Waals surface area contributed by atoms with Crippen LogP contribution >= 0.6 is 0 Å². The molecule has 1 N–H and O–H groups in total. The van der Waals surface area contributed by atoms with E-state index in [0.29, 0.717) is 17.9 Å². The Balaban J connectivity index is 2.11. The van der Waals surface area contributed by atoms with Gasteiger partial charge in [-0.15, -0.1) is 0 Å². The molecular formula is C15H18F3NO2. The van der Waals surface area contributed by atoms with Crippen LogP contribution in [-0.4, -0.2) is 25.4 Å². The fraction of sp³-hybridized carbons (Fsp3) is 0.467. The van der Waals surface area contributed by atoms with Crippen molar-refractivity contribution in [3.8, 4) is 0 Å². The molecule has 0 fully saturated rings. The Morgan fingerprint density at radius 2 is 2.00 bits per heavy atom. The Morgan fingerprint density at radius 1 is 1.29 bits per heavy atom. The quantitative estimate of drug-likeness (QED) is 0.874. The van der Waals surface area contributed by atoms with Crippen LogP contribution in [0.5, 0.6) is 0 Å². The number of para-hydroxylation sites is 1. The van der Waals surface area contributed by atoms with Crippen LogP contribution in [0.3, 0.4) is 0 Å². The number of hydrogen-bond acceptors (Lipinski definition) is 3. The SMILES string of the molecule is CCNC(COC(C)C(F)(F)F)c1cc2ccccc2o1. The number of nitrogens with one attached hydrogen (secondary N) is 1. The summed E-state index contributed by atoms with van der Waals surface area (Å²) >= 11 is 0. The molecule has 1 aromatic heterocycles. The average molecular weight is 301 g/mol. The lowest BCUT2D eigenvalue weighted by Gasteiger charge is -2.21. The van der Waals surface area contributed by atoms with Crippen LogP contribution in [0.4, 0.5) is 13.2 Å². The summed E-state index contributed by atoms with van der Waals surface area (Å²) in [5, 5.41) is 4.00. The maximum Gasteiger partial charge on any atom is 0.414 e. The predicted molar refractivity (Wildman–Crippen MR) is 74.1 cm³/mol. The van der Waals surface area contributed by atoms with E-state index in [9.17, 15) is 13.2 Å². The number of furan rings is 1. The zero-order valence-electron chi connectivity index (χ0n) is 11.9. The number of hydrogen-bond donors (Lipinski definition) is 1. The largest absolute Gasteiger partial charge is 0.459 e. The summed E-state index contributed by atoms with van der Waals surface area (Å²) in [6.07, 6.45) is -6.16. The van der Waals surface area contributed by atoms with Gasteiger partial charge in [-0.3, -0.25) is 0 Å². The van der Waals surface area contributed by atoms with Gasteiger partial charge >= 0.3 is 6.18 Å². The minimum Gasteiger partial charge on any atom is -0.459 e. The van der Waals surface area contributed by atoms with Gasteiger partial charge in [0.2, 0.25) is 0 Å². The zero-order chi connectivity index (χ0) is 15.5. The monoisotopic (exact) mass is 301 g/mol. The summed E-state index contributed by atoms with van der Waals surface area (Å²) < 4.78 is 48.1. The van der Waals surface area contributed by atoms with Crippen molar-refractivity contribution in [1.29, 1.82) is 0 Å². The molecule has 0 spiro atoms. The Hall–Kier alpha value is -1.53. The summed E-state index contributed by atoms with van der Waals surface area (Å²) in [7, 11) is 0. The Labute approximate surface area is 121 Å². The Bertz CT molecular complexity index is 547. The van der Waals surface area contributed by atoms with Gasteiger partial charge in [-0.1, -0.05) is 25.1 Å². The minimum atomic E-state index is -4.36. The van der Waals surface area contributed by atoms with Crippen LogP contribution < -0.4 is 5.32 Å². The molecule has 2 aromatic rings. The van der Waals surface area contributed by atoms with Gasteiger partial charge in [-0.05, 0) is 25.6 Å². The molecular weight excluding hydrogens is 283 g/mol. The molecule has 6 heteroatoms. The van der Waals surface area contributed by atoms with Crippen LogP contribution in [0.25, 0.3) is 11.0 Å². The number of likely N-dealkylation sites (N-methyl/N-ethyl adjacent to an activating group) is 1. The van der Waals surface area contributed by atoms with E-state index in [1.165, 1.54) is 0 Å². The second kappa shape index (κ2) is 6.49. The van der Waals surface area contributed by atoms with Crippen LogP contribution in [-0.2, 0) is 4.74 Å². The first-order valence-corrected chi connectivity index (χ1v) is 6.82. The normalized spacial score (nSPS) is 15.3. The van der Waals surface area contributed by atoms with Crippen LogP contribution in [0.2, 0.25) is 0 Å². The molecule has 0 bridgehead atoms. The van der Waals surface area contributed by atoms with Gasteiger partial charge in [-0.25, -0.2) is 0 Å². The van der Waals surface area contributed by atoms with Crippen molar-refractivity contribution in [1.82, 2.24) is 5.32 Å². The summed E-state index contributed by atoms with van der Waals surface area (Å²) in [5.41, 5.74) is 0.708. The predicted octanol–water partition coefficient (Wildman–Crippen LogP) is 4.05. The van der Waals surface area contributed by atoms with E-state index in [2.05, 4.69) is 5.32 Å². The lowest BCUT2D eigenvalue weighted by molar-refractivity contribution is -0.215. The number of alkyl halides is 3. The summed E-state index contributed by atoms with van der Waals surface area (Å²) in [6.45, 7) is 3.38. The summed E-state index contributed by atoms with van der Waals surface area (Å²) in [6, 6.07) is 8.86. The Morgan fingerprint density at radius 3 is 2.62 bits per heavy atom. The number of ether oxygens (including phenoxy) is 1. The zero-order valence-corrected chi connectivity index (χ0v) is 11.9. The van der Waals surface area contributed by atoms with E-state index >= 15 is 0 Å². The average Bonchev–Trinajstić information content (AvgIpc) is 2.85. The summed E-state index contributed by atoms with van der Waals surface area (Å²) in [5.74, 6) is 0.576. The summed E-state index contributed by atoms with van der Waals surface area (Å²) in [4.78, 5) is 0. The molecule has 116 valence electrons. The van der Waals surface area contributed by atoms with Gasteiger partial charge in [0, 0.05) is 5.39 Å². The number of halogens is 3. The first-order valence-electron chi connectivity index (χ1n) is 6.82. The lowest BCUT2D eigenvalue weighted by atomic mass is 10.2. The molecule has 0 aliphatic carbocycles. The molecule has 1 heterocycles. The van der Waals surface area contributed by atoms with Crippen molar-refractivity contribution in [3.05, 3.63) is 36.1 Å². The van der Waals surface area contributed by atoms with Gasteiger partial charge in [0.25, 0.3) is 0 Å². The van der Waals surface area contributed by atoms with Gasteiger partial charge in [0.1, 0.15) is 11.3 Å². The fourth-order valence-electron chi connectivity index (χ4n) is 2.00. The third-order valence-corrected chi connectivity index (χ3v) is 3.21. The van der Waals surface area contributed by atoms with Crippen molar-refractivity contribution in [3.63, 3.8) is 0 Å². The van der Waals surface area contributed by atoms with E-state index in [-0.39, 0.29) is 6.61 Å². The van der Waals surface area contributed by atoms with Gasteiger partial charge in [-0.2, -0.15) is 13.2 Å². The van der Waals surface area contributed by atoms with E-state index in [1.807, 2.05) is 37.3 Å². The van der Waals surface area contributed by atoms with E-state index in [4.69, 9.17) is 9.15 Å². The Kier molecular flexibility index (Phi) is 4.90. The highest BCUT2D eigenvalue weighted by atomic mass is 19.4. The fourth-order valence-corrected chi connectivity index (χ4v) is 2.00. The molecule has 21 heavy (non-hydrogen) atoms. The highest BCUT2D eigenvalue weighted by Gasteiger charge is 2.37. The van der Waals surface area contributed by atoms with E-state index in [1.54, 1.807) is 0 Å². The maximum atomic E-state index is 12.5. The highest BCUT2D eigenvalue weighted by Crippen LogP contribution is 2.26. The molecule has 2 rings (SSSR count). The van der Waals surface area contributed by atoms with Crippen LogP contribution in [0.15, 0.2) is 34.7 Å². The van der Waals surface area contributed by atoms with Crippen molar-refractivity contribution in [2.45, 2.75) is 32.2 Å². The smallest absolute Gasteiger partial charge is 0.414 e. The van der Waals surface area contributed by atoms with E-state index < -0.39 is 18.3 Å². The molecule has 2 unspecified atom stereocenters. The highest BCUT2D eigenvalue weighted by molar-refractivity contribution is 5.77. The number of fused-ring (bicyclic) bond motifs is 1. The topological polar surface area (TPSA) is 34.4 Å². The number of benzene rings is 1. The maximum absolute atomic E-state index is 12.5. The molecule has 1 aromatic carbocycles. The molecule has 2 atom stereocenters. The third-order valence-electron chi connectivity index (χ3n) is 3.21. The number of rotatable bonds is 6. The van der Waals surface area contributed by atoms with Crippen molar-refractivity contribution in [2.75, 3.05) is 13.2 Å². The third kappa shape index (κ3) is 3.98. The van der Waals surface area contributed by atoms with Crippen LogP contribution in [0.1, 0.15) is 25.6 Å². The van der Waals surface area contributed by atoms with Gasteiger partial charge in [0.05, 0.1) is 12.6 Å². The first kappa shape index (κ1) is 15.9. The minimum absolute atomic E-state index is 0.103. The first-order chi connectivity index (χ1) is 9.91. The van der Waals surface area contributed by atoms with Crippen LogP contribution in [0, 0.1) is 0 Å². The molecule has 0 aliphatic rings. The van der Waals surface area contributed by atoms with E-state index in [0.717, 1.165) is 12.3 Å². The molecule has 0 radical (unpaired) electrons. The molecule has 0 saturated heterocycles. The standard InChI is InChI=1S/C15H18F3NO2/c1-3-19-12(9-20-10(2)15(16,17)18)14-8-11-6-4-5-7-13(11)21-14/h4-8,10,12,19H,3,9H2,1-2H3. The molecule has 0 aliphatic heterocycles. The molecule has 0 amide bonds. The van der Waals surface area contributed by atoms with Crippen molar-refractivity contribution in [2.24, 2.45) is 0 Å². The van der Waals surface area contributed by atoms with Gasteiger partial charge < -0.3 is 14.5 Å². The second-order valence-electron chi connectivity index (χ2n) is 4.81.